The first-order chi connectivity index (χ1) is 52.8. The molecule has 8 heterocycles. The first-order valence-electron chi connectivity index (χ1n) is 34.5. The Kier molecular flexibility index (Phi) is 23.2. The van der Waals surface area contributed by atoms with Crippen LogP contribution in [-0.2, 0) is 26.2 Å². The molecule has 4 fully saturated rings. The van der Waals surface area contributed by atoms with E-state index in [2.05, 4.69) is 19.9 Å². The van der Waals surface area contributed by atoms with Crippen molar-refractivity contribution in [2.24, 2.45) is 0 Å². The molecule has 4 aliphatic heterocycles. The molecule has 0 N–H and O–H groups in total. The molecule has 0 unspecified atom stereocenters. The molecule has 0 saturated carbocycles. The molecule has 0 atom stereocenters. The number of carbonyl (C=O) groups is 4. The standard InChI is InChI=1S/2C21H21N3O4.C20H18ClN3O3.C19H16FN3O2/c1-26-17-5-3-4-15(10-17)13-23-8-9-24(21(23)25)16-6-7-18(19(11-16)27-2)20-12-22-14-28-20;1-26-18-6-4-3-5-15(18)13-23-9-10-24(21(23)25)16-7-8-17(19(11-16)27-2)20-12-22-14-28-20;1-26-18-10-15(6-7-16(18)19-11-22-13-27-19)24-9-8-23(20(24)25)12-14-4-2-3-5-17(14)21;20-16-3-1-2-14(10-16)12-22-8-9-23(19(22)24)17-6-4-15(5-7-17)18-11-21-13-25-18/h3-7,10-12,14H,8-9,13H2,1-2H3;3-8,11-12,14H,9-10,13H2,1-2H3;2-7,10-11,13H,8-9,12H2,1H3;1-7,10-11,13H,8-9,12H2. The van der Waals surface area contributed by atoms with Gasteiger partial charge in [0.2, 0.25) is 0 Å². The van der Waals surface area contributed by atoms with Crippen LogP contribution in [-0.4, -0.2) is 152 Å². The van der Waals surface area contributed by atoms with Crippen LogP contribution in [0.1, 0.15) is 22.3 Å². The van der Waals surface area contributed by atoms with Crippen molar-refractivity contribution in [2.75, 3.05) is 108 Å². The average molecular weight is 1480 g/mol. The molecule has 25 nitrogen and oxygen atoms in total. The summed E-state index contributed by atoms with van der Waals surface area (Å²) in [5.41, 5.74) is 10.2. The summed E-state index contributed by atoms with van der Waals surface area (Å²) in [5, 5.41) is 0.668. The van der Waals surface area contributed by atoms with Crippen LogP contribution in [0.4, 0.5) is 46.3 Å². The molecule has 0 radical (unpaired) electrons. The molecule has 16 rings (SSSR count). The predicted octanol–water partition coefficient (Wildman–Crippen LogP) is 16.0. The SMILES string of the molecule is COc1cc(N2CCN(Cc3ccccc3Cl)C2=O)ccc1-c1cnco1.COc1cccc(CN2CCN(c3ccc(-c4cnco4)c(OC)c3)C2=O)c1.COc1ccccc1CN1CCN(c2ccc(-c3cnco3)c(OC)c2)C1=O.O=C1N(Cc2cccc(F)c2)CCN1c1ccc(-c2cnco2)cc1. The fourth-order valence-corrected chi connectivity index (χ4v) is 13.2. The monoisotopic (exact) mass is 1480 g/mol. The Morgan fingerprint density at radius 3 is 1.16 bits per heavy atom. The van der Waals surface area contributed by atoms with Crippen molar-refractivity contribution in [3.8, 4) is 74.0 Å². The number of anilines is 4. The normalized spacial score (nSPS) is 14.0. The second-order valence-electron chi connectivity index (χ2n) is 25.0. The van der Waals surface area contributed by atoms with Gasteiger partial charge < -0.3 is 61.0 Å². The van der Waals surface area contributed by atoms with Crippen molar-refractivity contribution in [1.29, 1.82) is 0 Å². The molecule has 4 aliphatic rings. The van der Waals surface area contributed by atoms with E-state index >= 15 is 0 Å². The number of urea groups is 4. The molecule has 8 amide bonds. The summed E-state index contributed by atoms with van der Waals surface area (Å²) in [6.07, 6.45) is 12.1. The topological polar surface area (TPSA) is 244 Å². The molecular weight excluding hydrogens is 1400 g/mol. The van der Waals surface area contributed by atoms with Crippen LogP contribution in [0.5, 0.6) is 28.7 Å². The minimum absolute atomic E-state index is 0.0303. The van der Waals surface area contributed by atoms with Gasteiger partial charge in [-0.3, -0.25) is 19.6 Å². The molecule has 0 aliphatic carbocycles. The lowest BCUT2D eigenvalue weighted by atomic mass is 10.1. The van der Waals surface area contributed by atoms with E-state index in [9.17, 15) is 23.6 Å². The van der Waals surface area contributed by atoms with Crippen molar-refractivity contribution < 1.29 is 64.9 Å². The van der Waals surface area contributed by atoms with Gasteiger partial charge in [-0.1, -0.05) is 72.3 Å². The highest BCUT2D eigenvalue weighted by molar-refractivity contribution is 6.31. The molecule has 0 bridgehead atoms. The van der Waals surface area contributed by atoms with Crippen molar-refractivity contribution in [2.45, 2.75) is 26.2 Å². The van der Waals surface area contributed by atoms with Crippen LogP contribution in [0.2, 0.25) is 5.02 Å². The molecule has 0 spiro atoms. The summed E-state index contributed by atoms with van der Waals surface area (Å²) in [7, 11) is 8.06. The minimum Gasteiger partial charge on any atom is -0.497 e. The van der Waals surface area contributed by atoms with E-state index in [1.165, 1.54) is 37.7 Å². The molecule has 4 saturated heterocycles. The number of nitrogens with zero attached hydrogens (tertiary/aromatic N) is 12. The third kappa shape index (κ3) is 16.8. The van der Waals surface area contributed by atoms with Crippen LogP contribution >= 0.6 is 11.6 Å². The molecular formula is C81H76ClFN12O13. The third-order valence-electron chi connectivity index (χ3n) is 18.5. The largest absolute Gasteiger partial charge is 0.497 e. The summed E-state index contributed by atoms with van der Waals surface area (Å²) < 4.78 is 61.8. The van der Waals surface area contributed by atoms with E-state index in [1.807, 2.05) is 168 Å². The first-order valence-corrected chi connectivity index (χ1v) is 34.8. The van der Waals surface area contributed by atoms with Crippen molar-refractivity contribution in [3.63, 3.8) is 0 Å². The minimum atomic E-state index is -0.288. The van der Waals surface area contributed by atoms with E-state index < -0.39 is 0 Å². The summed E-state index contributed by atoms with van der Waals surface area (Å²) in [5.74, 6) is 5.72. The second-order valence-corrected chi connectivity index (χ2v) is 25.4. The van der Waals surface area contributed by atoms with Gasteiger partial charge in [-0.2, -0.15) is 0 Å². The van der Waals surface area contributed by atoms with Crippen LogP contribution < -0.4 is 43.3 Å². The van der Waals surface area contributed by atoms with E-state index in [4.69, 9.17) is 53.0 Å². The Balaban J connectivity index is 0.000000127. The highest BCUT2D eigenvalue weighted by atomic mass is 35.5. The van der Waals surface area contributed by atoms with E-state index in [0.717, 1.165) is 78.8 Å². The maximum absolute atomic E-state index is 13.3. The maximum Gasteiger partial charge on any atom is 0.324 e. The number of methoxy groups -OCH3 is 5. The van der Waals surface area contributed by atoms with Gasteiger partial charge in [-0.25, -0.2) is 43.5 Å². The van der Waals surface area contributed by atoms with Gasteiger partial charge in [0.05, 0.1) is 83.6 Å². The van der Waals surface area contributed by atoms with Gasteiger partial charge >= 0.3 is 24.1 Å². The molecule has 552 valence electrons. The molecule has 12 aromatic rings. The summed E-state index contributed by atoms with van der Waals surface area (Å²) >= 11 is 6.23. The lowest BCUT2D eigenvalue weighted by Crippen LogP contribution is -2.31. The summed E-state index contributed by atoms with van der Waals surface area (Å²) in [4.78, 5) is 81.3. The fraction of sp³-hybridized carbons (Fsp3) is 0.210. The average Bonchev–Trinajstić information content (AvgIpc) is 1.83. The van der Waals surface area contributed by atoms with Gasteiger partial charge in [-0.05, 0) is 114 Å². The van der Waals surface area contributed by atoms with E-state index in [-0.39, 0.29) is 29.9 Å². The maximum atomic E-state index is 13.3. The summed E-state index contributed by atoms with van der Waals surface area (Å²) in [6.45, 7) is 6.93. The Bertz CT molecular complexity index is 5030. The Labute approximate surface area is 627 Å². The van der Waals surface area contributed by atoms with E-state index in [1.54, 1.807) is 95.8 Å². The van der Waals surface area contributed by atoms with Gasteiger partial charge in [0.25, 0.3) is 0 Å². The zero-order valence-electron chi connectivity index (χ0n) is 59.8. The smallest absolute Gasteiger partial charge is 0.324 e. The second kappa shape index (κ2) is 34.2. The lowest BCUT2D eigenvalue weighted by Gasteiger charge is -2.20. The number of aromatic nitrogens is 4. The lowest BCUT2D eigenvalue weighted by molar-refractivity contribution is 0.217. The van der Waals surface area contributed by atoms with Crippen LogP contribution in [0.3, 0.4) is 0 Å². The third-order valence-corrected chi connectivity index (χ3v) is 18.9. The van der Waals surface area contributed by atoms with Crippen molar-refractivity contribution in [1.82, 2.24) is 39.5 Å². The Morgan fingerprint density at radius 2 is 0.741 bits per heavy atom. The fourth-order valence-electron chi connectivity index (χ4n) is 13.0. The highest BCUT2D eigenvalue weighted by Crippen LogP contribution is 2.39. The Morgan fingerprint density at radius 1 is 0.361 bits per heavy atom. The molecule has 27 heteroatoms. The van der Waals surface area contributed by atoms with Crippen LogP contribution in [0, 0.1) is 5.82 Å². The van der Waals surface area contributed by atoms with Crippen LogP contribution in [0.15, 0.2) is 244 Å². The number of hydrogen-bond acceptors (Lipinski definition) is 17. The first kappa shape index (κ1) is 73.2. The van der Waals surface area contributed by atoms with E-state index in [0.29, 0.717) is 124 Å². The zero-order valence-corrected chi connectivity index (χ0v) is 60.5. The highest BCUT2D eigenvalue weighted by Gasteiger charge is 2.35. The number of amides is 8. The number of para-hydroxylation sites is 1. The predicted molar refractivity (Wildman–Crippen MR) is 404 cm³/mol. The number of hydrogen-bond donors (Lipinski definition) is 0. The van der Waals surface area contributed by atoms with Crippen molar-refractivity contribution in [3.05, 3.63) is 259 Å². The summed E-state index contributed by atoms with van der Waals surface area (Å²) in [6, 6.07) is 53.7. The zero-order chi connectivity index (χ0) is 75.0. The van der Waals surface area contributed by atoms with Gasteiger partial charge in [-0.15, -0.1) is 0 Å². The number of benzene rings is 8. The van der Waals surface area contributed by atoms with Crippen molar-refractivity contribution >= 4 is 58.5 Å². The number of halogens is 2. The quantitative estimate of drug-likeness (QED) is 0.0649. The number of ether oxygens (including phenoxy) is 5. The number of oxazole rings is 4. The molecule has 108 heavy (non-hydrogen) atoms. The Hall–Kier alpha value is -13.1. The number of rotatable bonds is 21. The molecule has 4 aromatic heterocycles. The van der Waals surface area contributed by atoms with Gasteiger partial charge in [0.1, 0.15) is 34.6 Å². The van der Waals surface area contributed by atoms with Crippen LogP contribution in [0.25, 0.3) is 45.3 Å². The molecule has 8 aromatic carbocycles. The number of carbonyl (C=O) groups excluding carboxylic acids is 4. The van der Waals surface area contributed by atoms with Gasteiger partial charge in [0, 0.05) is 129 Å². The van der Waals surface area contributed by atoms with Gasteiger partial charge in [0.15, 0.2) is 48.6 Å².